The number of para-hydroxylation sites is 1. The molecule has 0 fully saturated rings. The molecular weight excluding hydrogens is 274 g/mol. The highest BCUT2D eigenvalue weighted by Gasteiger charge is 2.16. The van der Waals surface area contributed by atoms with Crippen molar-refractivity contribution < 1.29 is 17.2 Å². The maximum atomic E-state index is 13.3. The molecule has 0 amide bonds. The first kappa shape index (κ1) is 15.8. The highest BCUT2D eigenvalue weighted by molar-refractivity contribution is 7.92. The molecule has 1 aromatic rings. The largest absolute Gasteiger partial charge is 0.317 e. The normalized spacial score (nSPS) is 11.5. The average Bonchev–Trinajstić information content (AvgIpc) is 2.34. The predicted molar refractivity (Wildman–Crippen MR) is 71.5 cm³/mol. The second kappa shape index (κ2) is 7.40. The van der Waals surface area contributed by atoms with Crippen molar-refractivity contribution in [3.8, 4) is 0 Å². The van der Waals surface area contributed by atoms with Gasteiger partial charge in [0, 0.05) is 0 Å². The Balaban J connectivity index is 2.55. The Morgan fingerprint density at radius 3 is 2.37 bits per heavy atom. The third-order valence-electron chi connectivity index (χ3n) is 2.41. The van der Waals surface area contributed by atoms with E-state index in [9.17, 15) is 17.2 Å². The van der Waals surface area contributed by atoms with E-state index >= 15 is 0 Å². The van der Waals surface area contributed by atoms with Gasteiger partial charge in [0.2, 0.25) is 10.0 Å². The Morgan fingerprint density at radius 1 is 1.16 bits per heavy atom. The monoisotopic (exact) mass is 292 g/mol. The van der Waals surface area contributed by atoms with Gasteiger partial charge in [-0.05, 0) is 38.1 Å². The molecule has 0 bridgehead atoms. The standard InChI is InChI=1S/C12H18F2N2O2S/c1-2-7-15-8-4-9-19(17,18)16-12-10(13)5-3-6-11(12)14/h3,5-6,15-16H,2,4,7-9H2,1H3. The maximum Gasteiger partial charge on any atom is 0.232 e. The van der Waals surface area contributed by atoms with Crippen LogP contribution in [0.4, 0.5) is 14.5 Å². The molecule has 0 saturated heterocycles. The summed E-state index contributed by atoms with van der Waals surface area (Å²) in [4.78, 5) is 0. The van der Waals surface area contributed by atoms with Crippen LogP contribution < -0.4 is 10.0 Å². The molecule has 1 aromatic carbocycles. The van der Waals surface area contributed by atoms with Crippen molar-refractivity contribution in [2.24, 2.45) is 0 Å². The van der Waals surface area contributed by atoms with Crippen LogP contribution in [0.25, 0.3) is 0 Å². The van der Waals surface area contributed by atoms with Crippen LogP contribution in [-0.4, -0.2) is 27.3 Å². The lowest BCUT2D eigenvalue weighted by Crippen LogP contribution is -2.23. The topological polar surface area (TPSA) is 58.2 Å². The molecule has 0 atom stereocenters. The van der Waals surface area contributed by atoms with Gasteiger partial charge >= 0.3 is 0 Å². The Kier molecular flexibility index (Phi) is 6.17. The molecule has 108 valence electrons. The number of rotatable bonds is 8. The van der Waals surface area contributed by atoms with Gasteiger partial charge in [0.15, 0.2) is 0 Å². The summed E-state index contributed by atoms with van der Waals surface area (Å²) in [7, 11) is -3.74. The molecule has 2 N–H and O–H groups in total. The molecule has 0 aromatic heterocycles. The number of nitrogens with one attached hydrogen (secondary N) is 2. The number of hydrogen-bond donors (Lipinski definition) is 2. The van der Waals surface area contributed by atoms with Gasteiger partial charge in [-0.2, -0.15) is 0 Å². The van der Waals surface area contributed by atoms with Crippen LogP contribution in [0.1, 0.15) is 19.8 Å². The number of sulfonamides is 1. The van der Waals surface area contributed by atoms with Crippen molar-refractivity contribution in [2.75, 3.05) is 23.6 Å². The molecular formula is C12H18F2N2O2S. The lowest BCUT2D eigenvalue weighted by Gasteiger charge is -2.09. The summed E-state index contributed by atoms with van der Waals surface area (Å²) in [6, 6.07) is 3.19. The van der Waals surface area contributed by atoms with Gasteiger partial charge < -0.3 is 5.32 Å². The fourth-order valence-corrected chi connectivity index (χ4v) is 2.62. The van der Waals surface area contributed by atoms with E-state index in [1.165, 1.54) is 6.07 Å². The first-order chi connectivity index (χ1) is 8.96. The number of benzene rings is 1. The molecule has 0 saturated carbocycles. The second-order valence-electron chi connectivity index (χ2n) is 4.12. The maximum absolute atomic E-state index is 13.3. The lowest BCUT2D eigenvalue weighted by molar-refractivity contribution is 0.580. The smallest absolute Gasteiger partial charge is 0.232 e. The van der Waals surface area contributed by atoms with Gasteiger partial charge in [-0.15, -0.1) is 0 Å². The Bertz CT molecular complexity index is 486. The summed E-state index contributed by atoms with van der Waals surface area (Å²) in [5.41, 5.74) is -0.621. The van der Waals surface area contributed by atoms with Crippen molar-refractivity contribution in [1.82, 2.24) is 5.32 Å². The van der Waals surface area contributed by atoms with E-state index in [1.807, 2.05) is 11.6 Å². The third kappa shape index (κ3) is 5.52. The molecule has 1 rings (SSSR count). The third-order valence-corrected chi connectivity index (χ3v) is 3.75. The van der Waals surface area contributed by atoms with Gasteiger partial charge in [-0.3, -0.25) is 4.72 Å². The molecule has 4 nitrogen and oxygen atoms in total. The van der Waals surface area contributed by atoms with Gasteiger partial charge in [-0.1, -0.05) is 13.0 Å². The SMILES string of the molecule is CCCNCCCS(=O)(=O)Nc1c(F)cccc1F. The minimum absolute atomic E-state index is 0.183. The molecule has 0 spiro atoms. The van der Waals surface area contributed by atoms with Crippen LogP contribution in [-0.2, 0) is 10.0 Å². The van der Waals surface area contributed by atoms with E-state index in [4.69, 9.17) is 0 Å². The van der Waals surface area contributed by atoms with E-state index < -0.39 is 27.3 Å². The second-order valence-corrected chi connectivity index (χ2v) is 5.96. The van der Waals surface area contributed by atoms with E-state index in [-0.39, 0.29) is 5.75 Å². The molecule has 0 aliphatic heterocycles. The quantitative estimate of drug-likeness (QED) is 0.721. The van der Waals surface area contributed by atoms with E-state index in [2.05, 4.69) is 5.32 Å². The Morgan fingerprint density at radius 2 is 1.79 bits per heavy atom. The van der Waals surface area contributed by atoms with Crippen molar-refractivity contribution >= 4 is 15.7 Å². The fourth-order valence-electron chi connectivity index (χ4n) is 1.49. The van der Waals surface area contributed by atoms with Crippen LogP contribution in [0, 0.1) is 11.6 Å². The minimum atomic E-state index is -3.74. The van der Waals surface area contributed by atoms with E-state index in [0.29, 0.717) is 13.0 Å². The summed E-state index contributed by atoms with van der Waals surface area (Å²) in [5, 5.41) is 3.05. The Labute approximate surface area is 112 Å². The predicted octanol–water partition coefficient (Wildman–Crippen LogP) is 2.10. The van der Waals surface area contributed by atoms with Crippen LogP contribution in [0.15, 0.2) is 18.2 Å². The van der Waals surface area contributed by atoms with Gasteiger partial charge in [0.05, 0.1) is 5.75 Å². The number of anilines is 1. The zero-order valence-electron chi connectivity index (χ0n) is 10.7. The Hall–Kier alpha value is -1.21. The highest BCUT2D eigenvalue weighted by atomic mass is 32.2. The molecule has 0 unspecified atom stereocenters. The lowest BCUT2D eigenvalue weighted by atomic mass is 10.3. The summed E-state index contributed by atoms with van der Waals surface area (Å²) < 4.78 is 51.9. The average molecular weight is 292 g/mol. The number of hydrogen-bond acceptors (Lipinski definition) is 3. The van der Waals surface area contributed by atoms with Gasteiger partial charge in [-0.25, -0.2) is 17.2 Å². The molecule has 0 heterocycles. The van der Waals surface area contributed by atoms with Crippen LogP contribution in [0.2, 0.25) is 0 Å². The van der Waals surface area contributed by atoms with Crippen molar-refractivity contribution in [3.05, 3.63) is 29.8 Å². The molecule has 19 heavy (non-hydrogen) atoms. The van der Waals surface area contributed by atoms with E-state index in [1.54, 1.807) is 0 Å². The molecule has 0 aliphatic rings. The minimum Gasteiger partial charge on any atom is -0.317 e. The van der Waals surface area contributed by atoms with Gasteiger partial charge in [0.25, 0.3) is 0 Å². The zero-order chi connectivity index (χ0) is 14.3. The van der Waals surface area contributed by atoms with Crippen LogP contribution >= 0.6 is 0 Å². The van der Waals surface area contributed by atoms with Crippen molar-refractivity contribution in [1.29, 1.82) is 0 Å². The van der Waals surface area contributed by atoms with Crippen molar-refractivity contribution in [3.63, 3.8) is 0 Å². The first-order valence-electron chi connectivity index (χ1n) is 6.11. The molecule has 7 heteroatoms. The van der Waals surface area contributed by atoms with Crippen LogP contribution in [0.5, 0.6) is 0 Å². The van der Waals surface area contributed by atoms with E-state index in [0.717, 1.165) is 25.1 Å². The fraction of sp³-hybridized carbons (Fsp3) is 0.500. The van der Waals surface area contributed by atoms with Crippen molar-refractivity contribution in [2.45, 2.75) is 19.8 Å². The summed E-state index contributed by atoms with van der Waals surface area (Å²) >= 11 is 0. The summed E-state index contributed by atoms with van der Waals surface area (Å²) in [6.45, 7) is 3.37. The van der Waals surface area contributed by atoms with Crippen LogP contribution in [0.3, 0.4) is 0 Å². The first-order valence-corrected chi connectivity index (χ1v) is 7.76. The summed E-state index contributed by atoms with van der Waals surface area (Å²) in [6.07, 6.45) is 1.34. The zero-order valence-corrected chi connectivity index (χ0v) is 11.6. The summed E-state index contributed by atoms with van der Waals surface area (Å²) in [5.74, 6) is -2.03. The molecule has 0 radical (unpaired) electrons. The molecule has 0 aliphatic carbocycles. The van der Waals surface area contributed by atoms with Gasteiger partial charge in [0.1, 0.15) is 17.3 Å². The highest BCUT2D eigenvalue weighted by Crippen LogP contribution is 2.19. The number of halogens is 2.